The number of amides is 1. The lowest BCUT2D eigenvalue weighted by atomic mass is 9.96. The van der Waals surface area contributed by atoms with Crippen LogP contribution in [0.5, 0.6) is 0 Å². The zero-order valence-corrected chi connectivity index (χ0v) is 15.3. The smallest absolute Gasteiger partial charge is 0.303 e. The van der Waals surface area contributed by atoms with Gasteiger partial charge in [0.2, 0.25) is 5.91 Å². The maximum atomic E-state index is 12.2. The molecule has 0 heterocycles. The average Bonchev–Trinajstić information content (AvgIpc) is 2.49. The molecule has 2 atom stereocenters. The lowest BCUT2D eigenvalue weighted by molar-refractivity contribution is -0.137. The standard InChI is InChI=1S/C17H33N3O4/c1-11(2)16(23)14(20-12(3)4)7-5-6-10-19-17(24)13(18)8-9-15(21)22/h11-14,20H,5-10,18H2,1-4H3,(H,19,24)(H,21,22)/t13-,14-/m0/s1. The first-order valence-electron chi connectivity index (χ1n) is 8.70. The van der Waals surface area contributed by atoms with E-state index in [0.717, 1.165) is 19.3 Å². The zero-order chi connectivity index (χ0) is 18.7. The van der Waals surface area contributed by atoms with E-state index in [2.05, 4.69) is 10.6 Å². The molecule has 0 rings (SSSR count). The fourth-order valence-corrected chi connectivity index (χ4v) is 2.34. The fourth-order valence-electron chi connectivity index (χ4n) is 2.34. The third kappa shape index (κ3) is 10.3. The third-order valence-electron chi connectivity index (χ3n) is 3.67. The summed E-state index contributed by atoms with van der Waals surface area (Å²) in [5.41, 5.74) is 5.63. The van der Waals surface area contributed by atoms with Gasteiger partial charge < -0.3 is 21.5 Å². The van der Waals surface area contributed by atoms with Crippen molar-refractivity contribution in [3.8, 4) is 0 Å². The Hall–Kier alpha value is -1.47. The van der Waals surface area contributed by atoms with E-state index in [-0.39, 0.29) is 42.5 Å². The summed E-state index contributed by atoms with van der Waals surface area (Å²) in [5.74, 6) is -1.08. The summed E-state index contributed by atoms with van der Waals surface area (Å²) in [6.45, 7) is 8.30. The highest BCUT2D eigenvalue weighted by Crippen LogP contribution is 2.08. The number of nitrogens with one attached hydrogen (secondary N) is 2. The van der Waals surface area contributed by atoms with Gasteiger partial charge in [0.05, 0.1) is 12.1 Å². The Labute approximate surface area is 144 Å². The van der Waals surface area contributed by atoms with Crippen LogP contribution in [0.25, 0.3) is 0 Å². The van der Waals surface area contributed by atoms with Gasteiger partial charge in [0.25, 0.3) is 0 Å². The third-order valence-corrected chi connectivity index (χ3v) is 3.67. The van der Waals surface area contributed by atoms with Crippen molar-refractivity contribution in [2.24, 2.45) is 11.7 Å². The normalized spacial score (nSPS) is 13.8. The number of aliphatic carboxylic acids is 1. The number of Topliss-reactive ketones (excluding diaryl/α,β-unsaturated/α-hetero) is 1. The molecule has 0 aromatic rings. The molecule has 0 aliphatic rings. The molecule has 24 heavy (non-hydrogen) atoms. The first-order chi connectivity index (χ1) is 11.1. The van der Waals surface area contributed by atoms with Crippen LogP contribution in [-0.4, -0.2) is 47.4 Å². The van der Waals surface area contributed by atoms with Crippen LogP contribution in [0.1, 0.15) is 59.8 Å². The fraction of sp³-hybridized carbons (Fsp3) is 0.824. The van der Waals surface area contributed by atoms with Gasteiger partial charge in [-0.3, -0.25) is 14.4 Å². The molecule has 0 radical (unpaired) electrons. The minimum atomic E-state index is -0.961. The zero-order valence-electron chi connectivity index (χ0n) is 15.3. The number of nitrogens with two attached hydrogens (primary N) is 1. The average molecular weight is 343 g/mol. The minimum Gasteiger partial charge on any atom is -0.481 e. The van der Waals surface area contributed by atoms with Crippen molar-refractivity contribution in [1.82, 2.24) is 10.6 Å². The number of hydrogen-bond donors (Lipinski definition) is 4. The van der Waals surface area contributed by atoms with E-state index in [9.17, 15) is 14.4 Å². The highest BCUT2D eigenvalue weighted by molar-refractivity contribution is 5.85. The van der Waals surface area contributed by atoms with Crippen molar-refractivity contribution in [1.29, 1.82) is 0 Å². The number of unbranched alkanes of at least 4 members (excludes halogenated alkanes) is 1. The van der Waals surface area contributed by atoms with E-state index < -0.39 is 12.0 Å². The summed E-state index contributed by atoms with van der Waals surface area (Å²) < 4.78 is 0. The molecule has 0 unspecified atom stereocenters. The summed E-state index contributed by atoms with van der Waals surface area (Å²) in [4.78, 5) is 34.3. The molecule has 7 nitrogen and oxygen atoms in total. The summed E-state index contributed by atoms with van der Waals surface area (Å²) in [6.07, 6.45) is 2.31. The highest BCUT2D eigenvalue weighted by Gasteiger charge is 2.21. The molecule has 0 aliphatic heterocycles. The molecular weight excluding hydrogens is 310 g/mol. The minimum absolute atomic E-state index is 0.00631. The Bertz CT molecular complexity index is 411. The maximum absolute atomic E-state index is 12.2. The van der Waals surface area contributed by atoms with Crippen LogP contribution < -0.4 is 16.4 Å². The molecule has 1 amide bonds. The van der Waals surface area contributed by atoms with Crippen LogP contribution in [-0.2, 0) is 14.4 Å². The Kier molecular flexibility index (Phi) is 11.2. The Balaban J connectivity index is 4.06. The first-order valence-corrected chi connectivity index (χ1v) is 8.70. The van der Waals surface area contributed by atoms with Crippen LogP contribution in [0.3, 0.4) is 0 Å². The Morgan fingerprint density at radius 1 is 1.04 bits per heavy atom. The quantitative estimate of drug-likeness (QED) is 0.371. The van der Waals surface area contributed by atoms with Gasteiger partial charge >= 0.3 is 5.97 Å². The van der Waals surface area contributed by atoms with Crippen LogP contribution in [0.15, 0.2) is 0 Å². The van der Waals surface area contributed by atoms with E-state index in [0.29, 0.717) is 6.54 Å². The van der Waals surface area contributed by atoms with Crippen LogP contribution in [0.4, 0.5) is 0 Å². The van der Waals surface area contributed by atoms with E-state index in [1.165, 1.54) is 0 Å². The molecule has 0 spiro atoms. The molecule has 5 N–H and O–H groups in total. The topological polar surface area (TPSA) is 122 Å². The number of carboxylic acids is 1. The van der Waals surface area contributed by atoms with Crippen LogP contribution in [0.2, 0.25) is 0 Å². The lowest BCUT2D eigenvalue weighted by Crippen LogP contribution is -2.43. The van der Waals surface area contributed by atoms with Crippen LogP contribution >= 0.6 is 0 Å². The van der Waals surface area contributed by atoms with E-state index >= 15 is 0 Å². The van der Waals surface area contributed by atoms with Gasteiger partial charge in [0, 0.05) is 24.9 Å². The van der Waals surface area contributed by atoms with Crippen molar-refractivity contribution in [2.45, 2.75) is 77.9 Å². The van der Waals surface area contributed by atoms with Gasteiger partial charge in [-0.2, -0.15) is 0 Å². The molecule has 0 aliphatic carbocycles. The molecule has 7 heteroatoms. The molecule has 140 valence electrons. The summed E-state index contributed by atoms with van der Waals surface area (Å²) in [5, 5.41) is 14.6. The van der Waals surface area contributed by atoms with Crippen molar-refractivity contribution in [3.63, 3.8) is 0 Å². The largest absolute Gasteiger partial charge is 0.481 e. The van der Waals surface area contributed by atoms with Gasteiger partial charge in [-0.1, -0.05) is 27.7 Å². The Morgan fingerprint density at radius 2 is 1.67 bits per heavy atom. The predicted molar refractivity (Wildman–Crippen MR) is 93.6 cm³/mol. The number of carbonyl (C=O) groups excluding carboxylic acids is 2. The number of ketones is 1. The Morgan fingerprint density at radius 3 is 2.17 bits per heavy atom. The molecule has 0 saturated carbocycles. The molecular formula is C17H33N3O4. The molecule has 0 fully saturated rings. The van der Waals surface area contributed by atoms with Gasteiger partial charge in [-0.15, -0.1) is 0 Å². The van der Waals surface area contributed by atoms with E-state index in [1.54, 1.807) is 0 Å². The maximum Gasteiger partial charge on any atom is 0.303 e. The van der Waals surface area contributed by atoms with Crippen molar-refractivity contribution in [2.75, 3.05) is 6.54 Å². The van der Waals surface area contributed by atoms with Crippen molar-refractivity contribution in [3.05, 3.63) is 0 Å². The number of carboxylic acid groups (broad SMARTS) is 1. The van der Waals surface area contributed by atoms with Crippen molar-refractivity contribution < 1.29 is 19.5 Å². The van der Waals surface area contributed by atoms with E-state index in [4.69, 9.17) is 10.8 Å². The SMILES string of the molecule is CC(C)N[C@@H](CCCCNC(=O)[C@@H](N)CCC(=O)O)C(=O)C(C)C. The van der Waals surface area contributed by atoms with Gasteiger partial charge in [-0.25, -0.2) is 0 Å². The molecule has 0 bridgehead atoms. The summed E-state index contributed by atoms with van der Waals surface area (Å²) in [6, 6.07) is -0.706. The molecule has 0 aromatic heterocycles. The number of carbonyl (C=O) groups is 3. The summed E-state index contributed by atoms with van der Waals surface area (Å²) in [7, 11) is 0. The molecule has 0 saturated heterocycles. The van der Waals surface area contributed by atoms with Gasteiger partial charge in [0.15, 0.2) is 5.78 Å². The van der Waals surface area contributed by atoms with Gasteiger partial charge in [0.1, 0.15) is 0 Å². The second-order valence-electron chi connectivity index (χ2n) is 6.76. The van der Waals surface area contributed by atoms with Crippen LogP contribution in [0, 0.1) is 5.92 Å². The first kappa shape index (κ1) is 22.5. The van der Waals surface area contributed by atoms with Crippen molar-refractivity contribution >= 4 is 17.7 Å². The number of rotatable bonds is 13. The lowest BCUT2D eigenvalue weighted by Gasteiger charge is -2.22. The van der Waals surface area contributed by atoms with Gasteiger partial charge in [-0.05, 0) is 25.7 Å². The highest BCUT2D eigenvalue weighted by atomic mass is 16.4. The summed E-state index contributed by atoms with van der Waals surface area (Å²) >= 11 is 0. The second kappa shape index (κ2) is 12.0. The number of hydrogen-bond acceptors (Lipinski definition) is 5. The predicted octanol–water partition coefficient (Wildman–Crippen LogP) is 1.06. The van der Waals surface area contributed by atoms with E-state index in [1.807, 2.05) is 27.7 Å². The second-order valence-corrected chi connectivity index (χ2v) is 6.76. The monoisotopic (exact) mass is 343 g/mol. The molecule has 0 aromatic carbocycles.